The van der Waals surface area contributed by atoms with E-state index in [4.69, 9.17) is 4.74 Å². The van der Waals surface area contributed by atoms with Crippen LogP contribution in [-0.4, -0.2) is 36.7 Å². The highest BCUT2D eigenvalue weighted by molar-refractivity contribution is 7.10. The average Bonchev–Trinajstić information content (AvgIpc) is 2.82. The summed E-state index contributed by atoms with van der Waals surface area (Å²) in [4.78, 5) is 15.0. The van der Waals surface area contributed by atoms with Crippen LogP contribution in [0.1, 0.15) is 24.8 Å². The Morgan fingerprint density at radius 3 is 3.18 bits per heavy atom. The van der Waals surface area contributed by atoms with Gasteiger partial charge in [0.1, 0.15) is 0 Å². The summed E-state index contributed by atoms with van der Waals surface area (Å²) < 4.78 is 5.42. The van der Waals surface area contributed by atoms with Gasteiger partial charge < -0.3 is 15.0 Å². The Hall–Kier alpha value is -1.07. The van der Waals surface area contributed by atoms with Crippen LogP contribution in [0.4, 0.5) is 4.79 Å². The number of nitrogens with one attached hydrogen (secondary N) is 1. The zero-order valence-corrected chi connectivity index (χ0v) is 11.0. The lowest BCUT2D eigenvalue weighted by Crippen LogP contribution is -2.49. The Morgan fingerprint density at radius 1 is 1.71 bits per heavy atom. The summed E-state index contributed by atoms with van der Waals surface area (Å²) in [5.41, 5.74) is 0. The smallest absolute Gasteiger partial charge is 0.318 e. The number of rotatable bonds is 2. The van der Waals surface area contributed by atoms with E-state index in [1.54, 1.807) is 11.3 Å². The fraction of sp³-hybridized carbons (Fsp3) is 0.583. The summed E-state index contributed by atoms with van der Waals surface area (Å²) in [7, 11) is 0. The number of morpholine rings is 1. The van der Waals surface area contributed by atoms with Gasteiger partial charge in [0.25, 0.3) is 0 Å². The molecule has 1 N–H and O–H groups in total. The number of carbonyl (C=O) groups is 1. The van der Waals surface area contributed by atoms with Gasteiger partial charge >= 0.3 is 6.03 Å². The van der Waals surface area contributed by atoms with Gasteiger partial charge in [-0.2, -0.15) is 0 Å². The molecule has 1 aliphatic rings. The van der Waals surface area contributed by atoms with Gasteiger partial charge in [0.05, 0.1) is 18.8 Å². The zero-order valence-electron chi connectivity index (χ0n) is 10.2. The van der Waals surface area contributed by atoms with Crippen molar-refractivity contribution in [1.82, 2.24) is 10.2 Å². The van der Waals surface area contributed by atoms with Crippen LogP contribution in [0.2, 0.25) is 0 Å². The SMILES string of the molecule is CC1CN(C(=O)NC(C)c2cccs2)CCO1. The van der Waals surface area contributed by atoms with E-state index < -0.39 is 0 Å². The predicted molar refractivity (Wildman–Crippen MR) is 68.3 cm³/mol. The topological polar surface area (TPSA) is 41.6 Å². The van der Waals surface area contributed by atoms with Crippen molar-refractivity contribution in [2.75, 3.05) is 19.7 Å². The number of carbonyl (C=O) groups excluding carboxylic acids is 1. The first-order chi connectivity index (χ1) is 8.16. The molecule has 1 aromatic heterocycles. The molecule has 0 saturated carbocycles. The lowest BCUT2D eigenvalue weighted by atomic mass is 10.2. The summed E-state index contributed by atoms with van der Waals surface area (Å²) in [6, 6.07) is 4.11. The molecular formula is C12H18N2O2S. The largest absolute Gasteiger partial charge is 0.375 e. The Morgan fingerprint density at radius 2 is 2.53 bits per heavy atom. The van der Waals surface area contributed by atoms with E-state index in [2.05, 4.69) is 5.32 Å². The highest BCUT2D eigenvalue weighted by atomic mass is 32.1. The first-order valence-corrected chi connectivity index (χ1v) is 6.75. The van der Waals surface area contributed by atoms with Crippen LogP contribution >= 0.6 is 11.3 Å². The molecule has 2 unspecified atom stereocenters. The molecule has 4 nitrogen and oxygen atoms in total. The minimum absolute atomic E-state index is 0.000972. The third kappa shape index (κ3) is 3.20. The van der Waals surface area contributed by atoms with Gasteiger partial charge in [-0.15, -0.1) is 11.3 Å². The number of hydrogen-bond donors (Lipinski definition) is 1. The summed E-state index contributed by atoms with van der Waals surface area (Å²) in [5.74, 6) is 0. The first kappa shape index (κ1) is 12.4. The lowest BCUT2D eigenvalue weighted by molar-refractivity contribution is -0.00379. The second-order valence-electron chi connectivity index (χ2n) is 4.31. The molecule has 0 spiro atoms. The highest BCUT2D eigenvalue weighted by Crippen LogP contribution is 2.18. The van der Waals surface area contributed by atoms with Crippen LogP contribution in [0.25, 0.3) is 0 Å². The van der Waals surface area contributed by atoms with Gasteiger partial charge in [-0.25, -0.2) is 4.79 Å². The van der Waals surface area contributed by atoms with Crippen molar-refractivity contribution >= 4 is 17.4 Å². The van der Waals surface area contributed by atoms with Gasteiger partial charge in [0.2, 0.25) is 0 Å². The molecule has 1 aromatic rings. The van der Waals surface area contributed by atoms with E-state index in [1.807, 2.05) is 36.3 Å². The fourth-order valence-corrected chi connectivity index (χ4v) is 2.62. The molecule has 5 heteroatoms. The van der Waals surface area contributed by atoms with Crippen molar-refractivity contribution < 1.29 is 9.53 Å². The molecular weight excluding hydrogens is 236 g/mol. The minimum atomic E-state index is 0.000972. The maximum Gasteiger partial charge on any atom is 0.318 e. The van der Waals surface area contributed by atoms with Crippen molar-refractivity contribution in [3.8, 4) is 0 Å². The zero-order chi connectivity index (χ0) is 12.3. The maximum atomic E-state index is 12.0. The summed E-state index contributed by atoms with van der Waals surface area (Å²) in [5, 5.41) is 5.04. The monoisotopic (exact) mass is 254 g/mol. The molecule has 1 fully saturated rings. The maximum absolute atomic E-state index is 12.0. The molecule has 0 aromatic carbocycles. The molecule has 1 aliphatic heterocycles. The third-order valence-electron chi connectivity index (χ3n) is 2.84. The highest BCUT2D eigenvalue weighted by Gasteiger charge is 2.22. The van der Waals surface area contributed by atoms with E-state index in [0.29, 0.717) is 19.7 Å². The molecule has 17 heavy (non-hydrogen) atoms. The Balaban J connectivity index is 1.88. The second-order valence-corrected chi connectivity index (χ2v) is 5.29. The Kier molecular flexibility index (Phi) is 4.02. The van der Waals surface area contributed by atoms with Crippen LogP contribution < -0.4 is 5.32 Å². The van der Waals surface area contributed by atoms with E-state index in [-0.39, 0.29) is 18.2 Å². The van der Waals surface area contributed by atoms with Crippen molar-refractivity contribution in [2.24, 2.45) is 0 Å². The van der Waals surface area contributed by atoms with Crippen LogP contribution in [0.5, 0.6) is 0 Å². The quantitative estimate of drug-likeness (QED) is 0.879. The predicted octanol–water partition coefficient (Wildman–Crippen LogP) is 2.24. The number of urea groups is 1. The van der Waals surface area contributed by atoms with Crippen molar-refractivity contribution in [1.29, 1.82) is 0 Å². The third-order valence-corrected chi connectivity index (χ3v) is 3.89. The normalized spacial score (nSPS) is 22.2. The summed E-state index contributed by atoms with van der Waals surface area (Å²) in [6.07, 6.45) is 0.131. The number of nitrogens with zero attached hydrogens (tertiary/aromatic N) is 1. The standard InChI is InChI=1S/C12H18N2O2S/c1-9-8-14(5-6-16-9)12(15)13-10(2)11-4-3-7-17-11/h3-4,7,9-10H,5-6,8H2,1-2H3,(H,13,15). The molecule has 0 bridgehead atoms. The summed E-state index contributed by atoms with van der Waals surface area (Å²) >= 11 is 1.66. The average molecular weight is 254 g/mol. The van der Waals surface area contributed by atoms with Gasteiger partial charge in [0, 0.05) is 18.0 Å². The number of hydrogen-bond acceptors (Lipinski definition) is 3. The number of thiophene rings is 1. The first-order valence-electron chi connectivity index (χ1n) is 5.87. The second kappa shape index (κ2) is 5.51. The van der Waals surface area contributed by atoms with Gasteiger partial charge in [0.15, 0.2) is 0 Å². The number of amides is 2. The van der Waals surface area contributed by atoms with Crippen molar-refractivity contribution in [2.45, 2.75) is 26.0 Å². The van der Waals surface area contributed by atoms with Crippen molar-refractivity contribution in [3.63, 3.8) is 0 Å². The van der Waals surface area contributed by atoms with Gasteiger partial charge in [-0.05, 0) is 25.3 Å². The molecule has 2 atom stereocenters. The van der Waals surface area contributed by atoms with Gasteiger partial charge in [-0.1, -0.05) is 6.07 Å². The molecule has 2 heterocycles. The number of ether oxygens (including phenoxy) is 1. The minimum Gasteiger partial charge on any atom is -0.375 e. The molecule has 2 rings (SSSR count). The fourth-order valence-electron chi connectivity index (χ4n) is 1.89. The molecule has 0 aliphatic carbocycles. The van der Waals surface area contributed by atoms with Crippen LogP contribution in [-0.2, 0) is 4.74 Å². The molecule has 0 radical (unpaired) electrons. The van der Waals surface area contributed by atoms with E-state index in [1.165, 1.54) is 4.88 Å². The van der Waals surface area contributed by atoms with E-state index >= 15 is 0 Å². The molecule has 1 saturated heterocycles. The van der Waals surface area contributed by atoms with E-state index in [9.17, 15) is 4.79 Å². The molecule has 94 valence electrons. The van der Waals surface area contributed by atoms with Crippen molar-refractivity contribution in [3.05, 3.63) is 22.4 Å². The Labute approximate surface area is 106 Å². The van der Waals surface area contributed by atoms with Crippen LogP contribution in [0.15, 0.2) is 17.5 Å². The Bertz CT molecular complexity index is 367. The van der Waals surface area contributed by atoms with Crippen LogP contribution in [0.3, 0.4) is 0 Å². The van der Waals surface area contributed by atoms with Gasteiger partial charge in [-0.3, -0.25) is 0 Å². The lowest BCUT2D eigenvalue weighted by Gasteiger charge is -2.32. The van der Waals surface area contributed by atoms with Crippen LogP contribution in [0, 0.1) is 0 Å². The molecule has 2 amide bonds. The van der Waals surface area contributed by atoms with E-state index in [0.717, 1.165) is 0 Å². The summed E-state index contributed by atoms with van der Waals surface area (Å²) in [6.45, 7) is 5.97.